The van der Waals surface area contributed by atoms with E-state index in [1.54, 1.807) is 20.8 Å². The van der Waals surface area contributed by atoms with Crippen molar-refractivity contribution in [3.8, 4) is 5.75 Å². The number of benzene rings is 1. The Morgan fingerprint density at radius 2 is 1.88 bits per heavy atom. The molecule has 0 saturated heterocycles. The van der Waals surface area contributed by atoms with Gasteiger partial charge in [-0.1, -0.05) is 0 Å². The highest BCUT2D eigenvalue weighted by molar-refractivity contribution is 7.90. The molecule has 0 aliphatic carbocycles. The number of nitrogens with one attached hydrogen (secondary N) is 1. The first-order valence-electron chi connectivity index (χ1n) is 6.79. The van der Waals surface area contributed by atoms with Crippen LogP contribution in [0.4, 0.5) is 22.4 Å². The van der Waals surface area contributed by atoms with Crippen molar-refractivity contribution in [2.45, 2.75) is 44.7 Å². The van der Waals surface area contributed by atoms with Crippen molar-refractivity contribution in [2.24, 2.45) is 5.73 Å². The normalized spacial score (nSPS) is 15.0. The van der Waals surface area contributed by atoms with E-state index < -0.39 is 51.6 Å². The number of carbonyl (C=O) groups is 1. The summed E-state index contributed by atoms with van der Waals surface area (Å²) in [4.78, 5) is 10.8. The molecule has 1 unspecified atom stereocenters. The molecule has 0 aliphatic rings. The highest BCUT2D eigenvalue weighted by Gasteiger charge is 2.37. The van der Waals surface area contributed by atoms with Crippen molar-refractivity contribution in [3.63, 3.8) is 0 Å². The Labute approximate surface area is 139 Å². The van der Waals surface area contributed by atoms with Crippen LogP contribution in [-0.4, -0.2) is 15.4 Å². The van der Waals surface area contributed by atoms with Crippen LogP contribution in [0.15, 0.2) is 12.1 Å². The molecule has 1 rings (SSSR count). The third-order valence-electron chi connectivity index (χ3n) is 2.92. The molecule has 1 aromatic rings. The van der Waals surface area contributed by atoms with Gasteiger partial charge >= 0.3 is 12.3 Å². The number of ether oxygens (including phenoxy) is 1. The molecule has 10 heteroatoms. The van der Waals surface area contributed by atoms with Crippen LogP contribution in [-0.2, 0) is 17.5 Å². The molecule has 0 spiro atoms. The summed E-state index contributed by atoms with van der Waals surface area (Å²) in [7, 11) is 0. The Hall–Kier alpha value is -1.52. The Bertz CT molecular complexity index is 617. The number of amides is 1. The van der Waals surface area contributed by atoms with Gasteiger partial charge in [0.25, 0.3) is 0 Å². The standard InChI is InChI=1S/C14H18F4N2O3S/c1-7(20-24(22)13(2,3)4)8-5-9(14(16,17)18)11(15)10(6-8)23-12(19)21/h5-7,20H,1-4H3,(H2,19,21)/t7-,24?/m1/s1. The van der Waals surface area contributed by atoms with Crippen LogP contribution >= 0.6 is 0 Å². The summed E-state index contributed by atoms with van der Waals surface area (Å²) >= 11 is -1.58. The molecule has 0 aromatic heterocycles. The minimum atomic E-state index is -5.00. The molecule has 2 atom stereocenters. The monoisotopic (exact) mass is 370 g/mol. The van der Waals surface area contributed by atoms with Crippen LogP contribution < -0.4 is 15.2 Å². The number of hydrogen-bond acceptors (Lipinski definition) is 4. The van der Waals surface area contributed by atoms with Gasteiger partial charge in [0.1, 0.15) is 4.75 Å². The number of nitrogens with two attached hydrogens (primary N) is 1. The second kappa shape index (κ2) is 7.16. The second-order valence-corrected chi connectivity index (χ2v) is 8.02. The van der Waals surface area contributed by atoms with Gasteiger partial charge in [0.2, 0.25) is 0 Å². The summed E-state index contributed by atoms with van der Waals surface area (Å²) in [6, 6.07) is 0.648. The van der Waals surface area contributed by atoms with Crippen molar-refractivity contribution in [2.75, 3.05) is 0 Å². The third-order valence-corrected chi connectivity index (χ3v) is 4.60. The van der Waals surface area contributed by atoms with Crippen LogP contribution in [0.3, 0.4) is 0 Å². The lowest BCUT2D eigenvalue weighted by Crippen LogP contribution is -2.40. The fraction of sp³-hybridized carbons (Fsp3) is 0.500. The van der Waals surface area contributed by atoms with E-state index in [2.05, 4.69) is 9.46 Å². The molecule has 5 nitrogen and oxygen atoms in total. The van der Waals surface area contributed by atoms with E-state index in [4.69, 9.17) is 5.73 Å². The zero-order chi connectivity index (χ0) is 18.9. The van der Waals surface area contributed by atoms with Gasteiger partial charge in [-0.2, -0.15) is 13.2 Å². The van der Waals surface area contributed by atoms with Gasteiger partial charge in [-0.15, -0.1) is 4.72 Å². The van der Waals surface area contributed by atoms with Crippen LogP contribution in [0, 0.1) is 5.82 Å². The molecular weight excluding hydrogens is 352 g/mol. The van der Waals surface area contributed by atoms with Gasteiger partial charge in [-0.25, -0.2) is 9.18 Å². The number of carbonyl (C=O) groups excluding carboxylic acids is 1. The summed E-state index contributed by atoms with van der Waals surface area (Å²) in [5.41, 5.74) is 3.08. The van der Waals surface area contributed by atoms with Crippen molar-refractivity contribution in [3.05, 3.63) is 29.1 Å². The largest absolute Gasteiger partial charge is 0.598 e. The van der Waals surface area contributed by atoms with E-state index in [9.17, 15) is 26.9 Å². The smallest absolute Gasteiger partial charge is 0.419 e. The molecule has 0 bridgehead atoms. The van der Waals surface area contributed by atoms with Crippen molar-refractivity contribution in [1.82, 2.24) is 4.72 Å². The first-order chi connectivity index (χ1) is 10.7. The summed E-state index contributed by atoms with van der Waals surface area (Å²) in [6.07, 6.45) is -6.45. The molecular formula is C14H18F4N2O3S. The molecule has 1 aromatic carbocycles. The molecule has 136 valence electrons. The molecule has 0 heterocycles. The number of alkyl halides is 3. The quantitative estimate of drug-likeness (QED) is 0.628. The molecule has 3 N–H and O–H groups in total. The lowest BCUT2D eigenvalue weighted by atomic mass is 10.0. The Kier molecular flexibility index (Phi) is 6.12. The predicted octanol–water partition coefficient (Wildman–Crippen LogP) is 3.41. The first kappa shape index (κ1) is 20.5. The molecule has 24 heavy (non-hydrogen) atoms. The van der Waals surface area contributed by atoms with E-state index >= 15 is 0 Å². The molecule has 0 saturated carbocycles. The van der Waals surface area contributed by atoms with E-state index in [0.717, 1.165) is 6.07 Å². The number of rotatable bonds is 4. The third kappa shape index (κ3) is 5.25. The van der Waals surface area contributed by atoms with Crippen molar-refractivity contribution < 1.29 is 31.6 Å². The maximum absolute atomic E-state index is 13.9. The van der Waals surface area contributed by atoms with Crippen LogP contribution in [0.25, 0.3) is 0 Å². The maximum Gasteiger partial charge on any atom is 0.419 e. The molecule has 0 radical (unpaired) electrons. The Balaban J connectivity index is 3.30. The van der Waals surface area contributed by atoms with Gasteiger partial charge in [-0.05, 0) is 45.4 Å². The number of halogens is 4. The predicted molar refractivity (Wildman–Crippen MR) is 81.1 cm³/mol. The Morgan fingerprint density at radius 3 is 2.29 bits per heavy atom. The lowest BCUT2D eigenvalue weighted by molar-refractivity contribution is -0.140. The summed E-state index contributed by atoms with van der Waals surface area (Å²) in [5, 5.41) is 0. The lowest BCUT2D eigenvalue weighted by Gasteiger charge is -2.27. The first-order valence-corrected chi connectivity index (χ1v) is 7.94. The van der Waals surface area contributed by atoms with Gasteiger partial charge < -0.3 is 15.0 Å². The Morgan fingerprint density at radius 1 is 1.33 bits per heavy atom. The average Bonchev–Trinajstić information content (AvgIpc) is 2.37. The number of primary amides is 1. The highest BCUT2D eigenvalue weighted by Crippen LogP contribution is 2.37. The maximum atomic E-state index is 13.9. The van der Waals surface area contributed by atoms with Crippen molar-refractivity contribution in [1.29, 1.82) is 0 Å². The van der Waals surface area contributed by atoms with Crippen LogP contribution in [0.1, 0.15) is 44.9 Å². The average molecular weight is 370 g/mol. The highest BCUT2D eigenvalue weighted by atomic mass is 32.2. The van der Waals surface area contributed by atoms with Gasteiger partial charge in [0.15, 0.2) is 11.6 Å². The minimum absolute atomic E-state index is 0.0578. The van der Waals surface area contributed by atoms with E-state index in [0.29, 0.717) is 6.07 Å². The van der Waals surface area contributed by atoms with Gasteiger partial charge in [-0.3, -0.25) is 0 Å². The number of hydrogen-bond donors (Lipinski definition) is 2. The summed E-state index contributed by atoms with van der Waals surface area (Å²) in [6.45, 7) is 6.48. The van der Waals surface area contributed by atoms with Crippen molar-refractivity contribution >= 4 is 17.5 Å². The fourth-order valence-electron chi connectivity index (χ4n) is 1.66. The SMILES string of the molecule is C[C@@H](N[S+]([O-])C(C)(C)C)c1cc(OC(N)=O)c(F)c(C(F)(F)F)c1. The minimum Gasteiger partial charge on any atom is -0.598 e. The summed E-state index contributed by atoms with van der Waals surface area (Å²) < 4.78 is 71.1. The zero-order valence-electron chi connectivity index (χ0n) is 13.5. The topological polar surface area (TPSA) is 87.4 Å². The van der Waals surface area contributed by atoms with E-state index in [1.807, 2.05) is 0 Å². The van der Waals surface area contributed by atoms with Gasteiger partial charge in [0, 0.05) is 11.4 Å². The van der Waals surface area contributed by atoms with E-state index in [-0.39, 0.29) is 5.56 Å². The molecule has 1 amide bonds. The van der Waals surface area contributed by atoms with E-state index in [1.165, 1.54) is 6.92 Å². The summed E-state index contributed by atoms with van der Waals surface area (Å²) in [5.74, 6) is -2.68. The zero-order valence-corrected chi connectivity index (χ0v) is 14.3. The van der Waals surface area contributed by atoms with Crippen LogP contribution in [0.2, 0.25) is 0 Å². The molecule has 0 aliphatic heterocycles. The fourth-order valence-corrected chi connectivity index (χ4v) is 2.47. The molecule has 0 fully saturated rings. The second-order valence-electron chi connectivity index (χ2n) is 6.02. The van der Waals surface area contributed by atoms with Gasteiger partial charge in [0.05, 0.1) is 11.6 Å². The van der Waals surface area contributed by atoms with Crippen LogP contribution in [0.5, 0.6) is 5.75 Å².